The summed E-state index contributed by atoms with van der Waals surface area (Å²) in [5.41, 5.74) is 2.52. The Kier molecular flexibility index (Phi) is 6.32. The Morgan fingerprint density at radius 2 is 1.73 bits per heavy atom. The summed E-state index contributed by atoms with van der Waals surface area (Å²) in [5, 5.41) is 5.61. The predicted octanol–water partition coefficient (Wildman–Crippen LogP) is 3.42. The number of piperazine rings is 1. The first-order chi connectivity index (χ1) is 16.2. The zero-order valence-corrected chi connectivity index (χ0v) is 18.8. The molecule has 0 aliphatic carbocycles. The van der Waals surface area contributed by atoms with E-state index in [-0.39, 0.29) is 5.91 Å². The molecule has 1 aromatic carbocycles. The molecular formula is C24H23N7OS. The van der Waals surface area contributed by atoms with Crippen molar-refractivity contribution < 1.29 is 4.79 Å². The number of hydrogen-bond donors (Lipinski definition) is 1. The van der Waals surface area contributed by atoms with Gasteiger partial charge in [0.1, 0.15) is 22.2 Å². The van der Waals surface area contributed by atoms with Gasteiger partial charge in [0.15, 0.2) is 5.82 Å². The fraction of sp³-hybridized carbons (Fsp3) is 0.208. The van der Waals surface area contributed by atoms with Gasteiger partial charge in [-0.25, -0.2) is 15.0 Å². The van der Waals surface area contributed by atoms with Crippen molar-refractivity contribution in [3.63, 3.8) is 0 Å². The van der Waals surface area contributed by atoms with Crippen LogP contribution in [-0.2, 0) is 4.79 Å². The number of carbonyl (C=O) groups excluding carboxylic acids is 1. The van der Waals surface area contributed by atoms with Gasteiger partial charge in [-0.3, -0.25) is 14.7 Å². The molecule has 0 atom stereocenters. The van der Waals surface area contributed by atoms with Crippen LogP contribution in [0.3, 0.4) is 0 Å². The lowest BCUT2D eigenvalue weighted by Gasteiger charge is -2.35. The van der Waals surface area contributed by atoms with Gasteiger partial charge in [0.05, 0.1) is 6.54 Å². The number of hydrogen-bond acceptors (Lipinski definition) is 8. The average Bonchev–Trinajstić information content (AvgIpc) is 3.41. The van der Waals surface area contributed by atoms with Crippen molar-refractivity contribution in [2.45, 2.75) is 0 Å². The lowest BCUT2D eigenvalue weighted by molar-refractivity contribution is -0.117. The number of para-hydroxylation sites is 1. The summed E-state index contributed by atoms with van der Waals surface area (Å²) in [6.07, 6.45) is 3.43. The van der Waals surface area contributed by atoms with Gasteiger partial charge in [-0.1, -0.05) is 24.3 Å². The summed E-state index contributed by atoms with van der Waals surface area (Å²) in [6.45, 7) is 3.76. The summed E-state index contributed by atoms with van der Waals surface area (Å²) < 4.78 is 0. The van der Waals surface area contributed by atoms with Gasteiger partial charge in [-0.15, -0.1) is 11.3 Å². The second-order valence-electron chi connectivity index (χ2n) is 7.66. The molecule has 3 aromatic heterocycles. The fourth-order valence-corrected chi connectivity index (χ4v) is 4.37. The molecule has 0 saturated carbocycles. The van der Waals surface area contributed by atoms with E-state index in [9.17, 15) is 4.79 Å². The van der Waals surface area contributed by atoms with Crippen LogP contribution in [0.1, 0.15) is 0 Å². The summed E-state index contributed by atoms with van der Waals surface area (Å²) in [4.78, 5) is 35.2. The number of carbonyl (C=O) groups is 1. The molecule has 0 radical (unpaired) electrons. The van der Waals surface area contributed by atoms with Crippen LogP contribution in [0.15, 0.2) is 72.4 Å². The number of thiazole rings is 1. The van der Waals surface area contributed by atoms with Crippen molar-refractivity contribution in [3.8, 4) is 22.2 Å². The molecule has 1 amide bonds. The Bertz CT molecular complexity index is 1190. The van der Waals surface area contributed by atoms with Crippen LogP contribution >= 0.6 is 11.3 Å². The highest BCUT2D eigenvalue weighted by Gasteiger charge is 2.20. The Hall–Kier alpha value is -3.69. The van der Waals surface area contributed by atoms with Crippen molar-refractivity contribution in [3.05, 3.63) is 72.4 Å². The SMILES string of the molecule is O=C(CN1CCN(c2ccccc2)CC1)Nc1cc(-c2nccs2)nc(-c2ccccn2)n1. The molecular weight excluding hydrogens is 434 g/mol. The topological polar surface area (TPSA) is 87.1 Å². The Labute approximate surface area is 196 Å². The second kappa shape index (κ2) is 9.85. The molecule has 1 fully saturated rings. The van der Waals surface area contributed by atoms with Crippen LogP contribution in [0.4, 0.5) is 11.5 Å². The highest BCUT2D eigenvalue weighted by molar-refractivity contribution is 7.13. The maximum absolute atomic E-state index is 12.8. The van der Waals surface area contributed by atoms with Gasteiger partial charge >= 0.3 is 0 Å². The zero-order chi connectivity index (χ0) is 22.5. The third-order valence-corrected chi connectivity index (χ3v) is 6.20. The average molecular weight is 458 g/mol. The van der Waals surface area contributed by atoms with Gasteiger partial charge in [0.25, 0.3) is 0 Å². The summed E-state index contributed by atoms with van der Waals surface area (Å²) in [6, 6.07) is 17.7. The minimum Gasteiger partial charge on any atom is -0.369 e. The highest BCUT2D eigenvalue weighted by Crippen LogP contribution is 2.25. The molecule has 1 N–H and O–H groups in total. The van der Waals surface area contributed by atoms with Gasteiger partial charge < -0.3 is 10.2 Å². The predicted molar refractivity (Wildman–Crippen MR) is 130 cm³/mol. The summed E-state index contributed by atoms with van der Waals surface area (Å²) in [5.74, 6) is 0.803. The Balaban J connectivity index is 1.27. The van der Waals surface area contributed by atoms with Crippen LogP contribution in [0.5, 0.6) is 0 Å². The zero-order valence-electron chi connectivity index (χ0n) is 18.0. The van der Waals surface area contributed by atoms with Crippen LogP contribution in [0.25, 0.3) is 22.2 Å². The molecule has 0 unspecified atom stereocenters. The van der Waals surface area contributed by atoms with E-state index >= 15 is 0 Å². The monoisotopic (exact) mass is 457 g/mol. The molecule has 0 spiro atoms. The number of nitrogens with one attached hydrogen (secondary N) is 1. The fourth-order valence-electron chi connectivity index (χ4n) is 3.77. The van der Waals surface area contributed by atoms with E-state index in [0.717, 1.165) is 31.2 Å². The second-order valence-corrected chi connectivity index (χ2v) is 8.56. The molecule has 4 heterocycles. The number of anilines is 2. The third kappa shape index (κ3) is 5.21. The van der Waals surface area contributed by atoms with E-state index in [1.165, 1.54) is 17.0 Å². The van der Waals surface area contributed by atoms with E-state index in [0.29, 0.717) is 29.6 Å². The van der Waals surface area contributed by atoms with Gasteiger partial charge in [0, 0.05) is 55.7 Å². The third-order valence-electron chi connectivity index (χ3n) is 5.40. The largest absolute Gasteiger partial charge is 0.369 e. The lowest BCUT2D eigenvalue weighted by Crippen LogP contribution is -2.48. The van der Waals surface area contributed by atoms with E-state index in [2.05, 4.69) is 59.3 Å². The maximum atomic E-state index is 12.8. The molecule has 166 valence electrons. The van der Waals surface area contributed by atoms with Crippen molar-refractivity contribution in [2.24, 2.45) is 0 Å². The number of pyridine rings is 1. The molecule has 9 heteroatoms. The number of nitrogens with zero attached hydrogens (tertiary/aromatic N) is 6. The molecule has 5 rings (SSSR count). The lowest BCUT2D eigenvalue weighted by atomic mass is 10.2. The van der Waals surface area contributed by atoms with Crippen LogP contribution in [0, 0.1) is 0 Å². The Morgan fingerprint density at radius 3 is 2.45 bits per heavy atom. The number of benzene rings is 1. The normalized spacial score (nSPS) is 14.2. The first-order valence-electron chi connectivity index (χ1n) is 10.8. The Morgan fingerprint density at radius 1 is 0.909 bits per heavy atom. The smallest absolute Gasteiger partial charge is 0.239 e. The van der Waals surface area contributed by atoms with Crippen LogP contribution in [0.2, 0.25) is 0 Å². The van der Waals surface area contributed by atoms with Gasteiger partial charge in [-0.05, 0) is 24.3 Å². The maximum Gasteiger partial charge on any atom is 0.239 e. The molecule has 0 bridgehead atoms. The van der Waals surface area contributed by atoms with E-state index in [1.807, 2.05) is 29.6 Å². The van der Waals surface area contributed by atoms with Gasteiger partial charge in [0.2, 0.25) is 5.91 Å². The summed E-state index contributed by atoms with van der Waals surface area (Å²) >= 11 is 1.49. The number of aromatic nitrogens is 4. The summed E-state index contributed by atoms with van der Waals surface area (Å²) in [7, 11) is 0. The standard InChI is InChI=1S/C24H23N7OS/c32-22(17-30-11-13-31(14-12-30)18-6-2-1-3-7-18)28-21-16-20(24-26-10-15-33-24)27-23(29-21)19-8-4-5-9-25-19/h1-10,15-16H,11-14,17H2,(H,27,28,29,32). The number of rotatable bonds is 6. The minimum atomic E-state index is -0.0982. The molecule has 1 saturated heterocycles. The molecule has 1 aliphatic heterocycles. The van der Waals surface area contributed by atoms with E-state index in [4.69, 9.17) is 0 Å². The van der Waals surface area contributed by atoms with Crippen molar-refractivity contribution >= 4 is 28.7 Å². The van der Waals surface area contributed by atoms with Crippen LogP contribution in [-0.4, -0.2) is 63.5 Å². The molecule has 8 nitrogen and oxygen atoms in total. The molecule has 1 aliphatic rings. The van der Waals surface area contributed by atoms with Crippen molar-refractivity contribution in [1.82, 2.24) is 24.8 Å². The molecule has 4 aromatic rings. The van der Waals surface area contributed by atoms with Gasteiger partial charge in [-0.2, -0.15) is 0 Å². The molecule has 33 heavy (non-hydrogen) atoms. The van der Waals surface area contributed by atoms with E-state index in [1.54, 1.807) is 18.5 Å². The van der Waals surface area contributed by atoms with Crippen LogP contribution < -0.4 is 10.2 Å². The minimum absolute atomic E-state index is 0.0982. The quantitative estimate of drug-likeness (QED) is 0.475. The highest BCUT2D eigenvalue weighted by atomic mass is 32.1. The van der Waals surface area contributed by atoms with E-state index < -0.39 is 0 Å². The first-order valence-corrected chi connectivity index (χ1v) is 11.6. The number of amides is 1. The van der Waals surface area contributed by atoms with Crippen molar-refractivity contribution in [1.29, 1.82) is 0 Å². The first kappa shape index (κ1) is 21.2. The van der Waals surface area contributed by atoms with Crippen molar-refractivity contribution in [2.75, 3.05) is 42.9 Å².